The van der Waals surface area contributed by atoms with Crippen LogP contribution in [0, 0.1) is 10.8 Å². The Bertz CT molecular complexity index is 211. The smallest absolute Gasteiger partial charge is 0.0601 e. The van der Waals surface area contributed by atoms with E-state index in [0.717, 1.165) is 0 Å². The average molecular weight is 323 g/mol. The van der Waals surface area contributed by atoms with Gasteiger partial charge in [-0.3, -0.25) is 0 Å². The molecule has 0 aromatic heterocycles. The first-order valence-electron chi connectivity index (χ1n) is 6.54. The van der Waals surface area contributed by atoms with Crippen LogP contribution in [0.2, 0.25) is 0 Å². The van der Waals surface area contributed by atoms with Gasteiger partial charge in [0.25, 0.3) is 0 Å². The summed E-state index contributed by atoms with van der Waals surface area (Å²) in [5.74, 6) is 0. The van der Waals surface area contributed by atoms with Crippen molar-refractivity contribution in [2.75, 3.05) is 0 Å². The van der Waals surface area contributed by atoms with Gasteiger partial charge in [-0.1, -0.05) is 77.8 Å². The highest BCUT2D eigenvalue weighted by atomic mass is 16.5. The van der Waals surface area contributed by atoms with Gasteiger partial charge >= 0.3 is 0 Å². The molecule has 0 spiro atoms. The van der Waals surface area contributed by atoms with E-state index in [1.165, 1.54) is 0 Å². The lowest BCUT2D eigenvalue weighted by Crippen LogP contribution is -2.26. The summed E-state index contributed by atoms with van der Waals surface area (Å²) in [6.07, 6.45) is 2.36. The van der Waals surface area contributed by atoms with Gasteiger partial charge in [0.1, 0.15) is 0 Å². The lowest BCUT2D eigenvalue weighted by Gasteiger charge is -2.35. The molecule has 0 aliphatic carbocycles. The summed E-state index contributed by atoms with van der Waals surface area (Å²) in [4.78, 5) is 0. The van der Waals surface area contributed by atoms with Gasteiger partial charge in [0, 0.05) is 0 Å². The van der Waals surface area contributed by atoms with Crippen LogP contribution in [-0.4, -0.2) is 11.7 Å². The first kappa shape index (κ1) is 43.0. The molecule has 22 heavy (non-hydrogen) atoms. The van der Waals surface area contributed by atoms with Gasteiger partial charge in [0.05, 0.1) is 11.7 Å². The molecule has 0 radical (unpaired) electrons. The Morgan fingerprint density at radius 2 is 1.00 bits per heavy atom. The zero-order valence-electron chi connectivity index (χ0n) is 13.8. The highest BCUT2D eigenvalue weighted by Gasteiger charge is 2.28. The number of hydrogen-bond acceptors (Lipinski definition) is 1. The Morgan fingerprint density at radius 1 is 0.727 bits per heavy atom. The van der Waals surface area contributed by atoms with E-state index in [0.29, 0.717) is 11.5 Å². The molecule has 0 aliphatic rings. The number of allylic oxidation sites excluding steroid dienone is 1. The number of ether oxygens (including phenoxy) is 1. The van der Waals surface area contributed by atoms with E-state index in [-0.39, 0.29) is 48.1 Å². The Hall–Kier alpha value is -0.300. The number of hydrogen-bond donors (Lipinski definition) is 0. The van der Waals surface area contributed by atoms with Crippen LogP contribution < -0.4 is 0 Å². The van der Waals surface area contributed by atoms with E-state index < -0.39 is 0 Å². The molecule has 0 saturated carbocycles. The van der Waals surface area contributed by atoms with E-state index in [2.05, 4.69) is 62.0 Å². The van der Waals surface area contributed by atoms with E-state index in [4.69, 9.17) is 4.74 Å². The second-order valence-corrected chi connectivity index (χ2v) is 7.45. The van der Waals surface area contributed by atoms with Crippen molar-refractivity contribution < 1.29 is 4.74 Å². The normalized spacial score (nSPS) is 10.1. The van der Waals surface area contributed by atoms with Crippen molar-refractivity contribution in [2.45, 2.75) is 118 Å². The molecule has 0 saturated heterocycles. The summed E-state index contributed by atoms with van der Waals surface area (Å²) < 4.78 is 5.44. The quantitative estimate of drug-likeness (QED) is 0.462. The summed E-state index contributed by atoms with van der Waals surface area (Å²) in [5.41, 5.74) is 0.593. The predicted molar refractivity (Wildman–Crippen MR) is 113 cm³/mol. The van der Waals surface area contributed by atoms with Gasteiger partial charge in [0.15, 0.2) is 0 Å². The summed E-state index contributed by atoms with van der Waals surface area (Å²) in [5, 5.41) is 0. The monoisotopic (exact) mass is 322 g/mol. The molecule has 0 bridgehead atoms. The van der Waals surface area contributed by atoms with Crippen molar-refractivity contribution in [3.63, 3.8) is 0 Å². The molecular formula is C21H54O. The molecule has 0 N–H and O–H groups in total. The fourth-order valence-corrected chi connectivity index (χ4v) is 1.01. The van der Waals surface area contributed by atoms with Crippen LogP contribution in [0.3, 0.4) is 0 Å². The molecule has 0 rings (SSSR count). The zero-order chi connectivity index (χ0) is 14.5. The van der Waals surface area contributed by atoms with Crippen LogP contribution in [0.25, 0.3) is 0 Å². The third kappa shape index (κ3) is 24.7. The van der Waals surface area contributed by atoms with Gasteiger partial charge in [0.2, 0.25) is 0 Å². The maximum Gasteiger partial charge on any atom is 0.0601 e. The highest BCUT2D eigenvalue weighted by molar-refractivity contribution is 4.95. The summed E-state index contributed by atoms with van der Waals surface area (Å²) >= 11 is 0. The fourth-order valence-electron chi connectivity index (χ4n) is 1.01. The van der Waals surface area contributed by atoms with E-state index >= 15 is 0 Å². The lowest BCUT2D eigenvalue weighted by atomic mass is 9.70. The van der Waals surface area contributed by atoms with Crippen LogP contribution in [0.4, 0.5) is 0 Å². The van der Waals surface area contributed by atoms with Gasteiger partial charge < -0.3 is 4.74 Å². The van der Waals surface area contributed by atoms with Crippen molar-refractivity contribution in [2.24, 2.45) is 10.8 Å². The zero-order valence-corrected chi connectivity index (χ0v) is 13.8. The van der Waals surface area contributed by atoms with Gasteiger partial charge in [-0.15, -0.1) is 6.58 Å². The predicted octanol–water partition coefficient (Wildman–Crippen LogP) is 8.64. The summed E-state index contributed by atoms with van der Waals surface area (Å²) in [6, 6.07) is 0. The molecule has 144 valence electrons. The first-order chi connectivity index (χ1) is 7.23. The minimum absolute atomic E-state index is 0. The topological polar surface area (TPSA) is 9.23 Å². The van der Waals surface area contributed by atoms with Gasteiger partial charge in [-0.25, -0.2) is 0 Å². The first-order valence-corrected chi connectivity index (χ1v) is 6.54. The van der Waals surface area contributed by atoms with Crippen molar-refractivity contribution in [3.8, 4) is 0 Å². The van der Waals surface area contributed by atoms with Crippen molar-refractivity contribution in [1.82, 2.24) is 0 Å². The van der Waals surface area contributed by atoms with Crippen LogP contribution in [0.5, 0.6) is 0 Å². The minimum atomic E-state index is 0. The van der Waals surface area contributed by atoms with Crippen molar-refractivity contribution in [1.29, 1.82) is 0 Å². The summed E-state index contributed by atoms with van der Waals surface area (Å²) in [7, 11) is 0. The Morgan fingerprint density at radius 3 is 1.00 bits per heavy atom. The van der Waals surface area contributed by atoms with Gasteiger partial charge in [-0.05, 0) is 45.4 Å². The van der Waals surface area contributed by atoms with Crippen LogP contribution in [0.1, 0.15) is 106 Å². The van der Waals surface area contributed by atoms with Crippen molar-refractivity contribution >= 4 is 0 Å². The molecule has 0 amide bonds. The summed E-state index contributed by atoms with van der Waals surface area (Å²) in [6.45, 7) is 25.2. The lowest BCUT2D eigenvalue weighted by molar-refractivity contribution is -0.0424. The average Bonchev–Trinajstić information content (AvgIpc) is 1.98. The SMILES string of the molecule is C.C.C.C.C.C=CC(C)(C)C(C)(C)C.CC(C)OC(C)(C)C. The molecule has 0 unspecified atom stereocenters. The standard InChI is InChI=1S/C9H18.C7H16O.5CH4/c1-7-9(5,6)8(2,3)4;1-6(2)8-7(3,4)5;;;;;/h7H,1H2,2-6H3;6H,1-5H3;5*1H4. The molecule has 0 fully saturated rings. The van der Waals surface area contributed by atoms with E-state index in [1.807, 2.05) is 19.9 Å². The molecule has 1 heteroatoms. The Balaban J connectivity index is -0.0000000335. The van der Waals surface area contributed by atoms with E-state index in [9.17, 15) is 0 Å². The molecule has 1 nitrogen and oxygen atoms in total. The van der Waals surface area contributed by atoms with E-state index in [1.54, 1.807) is 0 Å². The largest absolute Gasteiger partial charge is 0.373 e. The highest BCUT2D eigenvalue weighted by Crippen LogP contribution is 2.38. The molecule has 0 aromatic carbocycles. The molecule has 0 aliphatic heterocycles. The Kier molecular flexibility index (Phi) is 30.5. The number of rotatable bonds is 2. The van der Waals surface area contributed by atoms with Crippen LogP contribution in [-0.2, 0) is 4.74 Å². The second-order valence-electron chi connectivity index (χ2n) is 7.45. The molecule has 0 atom stereocenters. The maximum absolute atomic E-state index is 5.44. The van der Waals surface area contributed by atoms with Crippen LogP contribution >= 0.6 is 0 Å². The fraction of sp³-hybridized carbons (Fsp3) is 0.905. The van der Waals surface area contributed by atoms with Gasteiger partial charge in [-0.2, -0.15) is 0 Å². The Labute approximate surface area is 146 Å². The van der Waals surface area contributed by atoms with Crippen LogP contribution in [0.15, 0.2) is 12.7 Å². The minimum Gasteiger partial charge on any atom is -0.373 e. The van der Waals surface area contributed by atoms with Crippen molar-refractivity contribution in [3.05, 3.63) is 12.7 Å². The molecule has 0 aromatic rings. The third-order valence-corrected chi connectivity index (χ3v) is 3.03. The molecule has 0 heterocycles. The third-order valence-electron chi connectivity index (χ3n) is 3.03. The molecular weight excluding hydrogens is 268 g/mol. The maximum atomic E-state index is 5.44. The second kappa shape index (κ2) is 15.6.